The Morgan fingerprint density at radius 3 is 2.56 bits per heavy atom. The van der Waals surface area contributed by atoms with Crippen LogP contribution in [0.1, 0.15) is 29.3 Å². The van der Waals surface area contributed by atoms with Crippen LogP contribution in [0.2, 0.25) is 5.02 Å². The van der Waals surface area contributed by atoms with E-state index in [9.17, 15) is 13.2 Å². The third-order valence-corrected chi connectivity index (χ3v) is 10.2. The normalized spacial score (nSPS) is 19.2. The van der Waals surface area contributed by atoms with E-state index in [0.717, 1.165) is 18.4 Å². The second-order valence-electron chi connectivity index (χ2n) is 9.53. The summed E-state index contributed by atoms with van der Waals surface area (Å²) in [5, 5.41) is 2.63. The van der Waals surface area contributed by atoms with Crippen LogP contribution in [0.3, 0.4) is 0 Å². The number of amides is 1. The summed E-state index contributed by atoms with van der Waals surface area (Å²) in [7, 11) is -2.44. The van der Waals surface area contributed by atoms with Crippen LogP contribution in [0.15, 0.2) is 64.9 Å². The smallest absolute Gasteiger partial charge is 0.243 e. The molecule has 11 heteroatoms. The van der Waals surface area contributed by atoms with E-state index in [2.05, 4.69) is 0 Å². The zero-order chi connectivity index (χ0) is 27.4. The molecule has 39 heavy (non-hydrogen) atoms. The van der Waals surface area contributed by atoms with Gasteiger partial charge in [0.05, 0.1) is 30.7 Å². The van der Waals surface area contributed by atoms with Gasteiger partial charge in [0.2, 0.25) is 15.9 Å². The van der Waals surface area contributed by atoms with Crippen LogP contribution in [0.25, 0.3) is 0 Å². The number of halogens is 1. The molecule has 0 bridgehead atoms. The summed E-state index contributed by atoms with van der Waals surface area (Å²) in [5.74, 6) is 0.932. The lowest BCUT2D eigenvalue weighted by atomic mass is 10.0. The Balaban J connectivity index is 1.38. The molecule has 3 aromatic rings. The highest BCUT2D eigenvalue weighted by atomic mass is 35.5. The van der Waals surface area contributed by atoms with Crippen LogP contribution < -0.4 is 9.47 Å². The SMILES string of the molecule is COc1ccc(S(=O)(=O)N(CC(=O)N2CCc3sccc3[C@@H]2COc2ccc(Cl)cc2)C[C@@H]2CCCO2)cc1. The molecule has 208 valence electrons. The number of rotatable bonds is 10. The third kappa shape index (κ3) is 6.41. The number of ether oxygens (including phenoxy) is 3. The van der Waals surface area contributed by atoms with Crippen molar-refractivity contribution in [3.63, 3.8) is 0 Å². The van der Waals surface area contributed by atoms with Gasteiger partial charge in [0.1, 0.15) is 18.1 Å². The van der Waals surface area contributed by atoms with E-state index in [0.29, 0.717) is 36.1 Å². The standard InChI is InChI=1S/C28H31ClN2O6S2/c1-35-21-8-10-24(11-9-21)39(33,34)30(17-23-3-2-15-36-23)18-28(32)31-14-12-27-25(13-16-38-27)26(31)19-37-22-6-4-20(29)5-7-22/h4-11,13,16,23,26H,2-3,12,14-15,17-19H2,1H3/t23-,26-/m0/s1. The van der Waals surface area contributed by atoms with Crippen LogP contribution >= 0.6 is 22.9 Å². The van der Waals surface area contributed by atoms with Gasteiger partial charge in [0, 0.05) is 29.6 Å². The summed E-state index contributed by atoms with van der Waals surface area (Å²) in [6, 6.07) is 15.0. The molecular weight excluding hydrogens is 560 g/mol. The number of benzene rings is 2. The maximum Gasteiger partial charge on any atom is 0.243 e. The molecule has 5 rings (SSSR count). The minimum atomic E-state index is -3.97. The maximum absolute atomic E-state index is 13.8. The average molecular weight is 591 g/mol. The lowest BCUT2D eigenvalue weighted by molar-refractivity contribution is -0.135. The second kappa shape index (κ2) is 12.3. The van der Waals surface area contributed by atoms with Crippen molar-refractivity contribution < 1.29 is 27.4 Å². The van der Waals surface area contributed by atoms with Gasteiger partial charge in [-0.15, -0.1) is 11.3 Å². The monoisotopic (exact) mass is 590 g/mol. The fourth-order valence-corrected chi connectivity index (χ4v) is 7.46. The lowest BCUT2D eigenvalue weighted by Crippen LogP contribution is -2.49. The molecule has 0 spiro atoms. The van der Waals surface area contributed by atoms with E-state index >= 15 is 0 Å². The third-order valence-electron chi connectivity index (χ3n) is 7.08. The molecule has 0 aliphatic carbocycles. The number of fused-ring (bicyclic) bond motifs is 1. The number of sulfonamides is 1. The zero-order valence-corrected chi connectivity index (χ0v) is 24.0. The Morgan fingerprint density at radius 2 is 1.87 bits per heavy atom. The van der Waals surface area contributed by atoms with Gasteiger partial charge < -0.3 is 19.1 Å². The number of thiophene rings is 1. The predicted octanol–water partition coefficient (Wildman–Crippen LogP) is 4.78. The minimum Gasteiger partial charge on any atom is -0.497 e. The highest BCUT2D eigenvalue weighted by Gasteiger charge is 2.36. The highest BCUT2D eigenvalue weighted by Crippen LogP contribution is 2.34. The van der Waals surface area contributed by atoms with E-state index in [4.69, 9.17) is 25.8 Å². The van der Waals surface area contributed by atoms with Gasteiger partial charge in [0.15, 0.2) is 0 Å². The molecular formula is C28H31ClN2O6S2. The molecule has 1 saturated heterocycles. The molecule has 0 unspecified atom stereocenters. The van der Waals surface area contributed by atoms with Crippen molar-refractivity contribution in [3.05, 3.63) is 75.4 Å². The molecule has 2 aliphatic rings. The zero-order valence-electron chi connectivity index (χ0n) is 21.6. The number of hydrogen-bond donors (Lipinski definition) is 0. The molecule has 1 fully saturated rings. The van der Waals surface area contributed by atoms with Crippen molar-refractivity contribution in [1.82, 2.24) is 9.21 Å². The topological polar surface area (TPSA) is 85.4 Å². The summed E-state index contributed by atoms with van der Waals surface area (Å²) >= 11 is 7.67. The summed E-state index contributed by atoms with van der Waals surface area (Å²) in [4.78, 5) is 16.9. The van der Waals surface area contributed by atoms with Crippen molar-refractivity contribution in [2.45, 2.75) is 36.3 Å². The highest BCUT2D eigenvalue weighted by molar-refractivity contribution is 7.89. The molecule has 2 atom stereocenters. The van der Waals surface area contributed by atoms with Crippen LogP contribution in [0, 0.1) is 0 Å². The summed E-state index contributed by atoms with van der Waals surface area (Å²) in [6.07, 6.45) is 2.08. The summed E-state index contributed by atoms with van der Waals surface area (Å²) in [5.41, 5.74) is 1.04. The molecule has 0 radical (unpaired) electrons. The first-order valence-corrected chi connectivity index (χ1v) is 15.5. The molecule has 0 saturated carbocycles. The Kier molecular flexibility index (Phi) is 8.78. The Bertz CT molecular complexity index is 1370. The lowest BCUT2D eigenvalue weighted by Gasteiger charge is -2.37. The first-order valence-electron chi connectivity index (χ1n) is 12.8. The van der Waals surface area contributed by atoms with Gasteiger partial charge in [0.25, 0.3) is 0 Å². The van der Waals surface area contributed by atoms with E-state index in [1.165, 1.54) is 28.4 Å². The molecule has 2 aliphatic heterocycles. The number of hydrogen-bond acceptors (Lipinski definition) is 7. The molecule has 2 aromatic carbocycles. The van der Waals surface area contributed by atoms with Crippen molar-refractivity contribution >= 4 is 38.9 Å². The van der Waals surface area contributed by atoms with Crippen LogP contribution in [0.4, 0.5) is 0 Å². The van der Waals surface area contributed by atoms with Crippen molar-refractivity contribution in [3.8, 4) is 11.5 Å². The van der Waals surface area contributed by atoms with Crippen molar-refractivity contribution in [1.29, 1.82) is 0 Å². The number of nitrogens with zero attached hydrogens (tertiary/aromatic N) is 2. The van der Waals surface area contributed by atoms with E-state index in [-0.39, 0.29) is 42.6 Å². The van der Waals surface area contributed by atoms with Gasteiger partial charge in [-0.3, -0.25) is 4.79 Å². The van der Waals surface area contributed by atoms with E-state index < -0.39 is 10.0 Å². The Hall–Kier alpha value is -2.63. The molecule has 1 aromatic heterocycles. The van der Waals surface area contributed by atoms with Gasteiger partial charge in [-0.25, -0.2) is 8.42 Å². The van der Waals surface area contributed by atoms with Gasteiger partial charge >= 0.3 is 0 Å². The fraction of sp³-hybridized carbons (Fsp3) is 0.393. The van der Waals surface area contributed by atoms with Gasteiger partial charge in [-0.1, -0.05) is 11.6 Å². The van der Waals surface area contributed by atoms with Crippen molar-refractivity contribution in [2.24, 2.45) is 0 Å². The molecule has 3 heterocycles. The quantitative estimate of drug-likeness (QED) is 0.338. The largest absolute Gasteiger partial charge is 0.497 e. The first kappa shape index (κ1) is 27.9. The number of methoxy groups -OCH3 is 1. The van der Waals surface area contributed by atoms with Gasteiger partial charge in [-0.05, 0) is 84.8 Å². The fourth-order valence-electron chi connectivity index (χ4n) is 4.98. The Morgan fingerprint density at radius 1 is 1.13 bits per heavy atom. The summed E-state index contributed by atoms with van der Waals surface area (Å²) in [6.45, 7) is 1.15. The Labute approximate surface area is 238 Å². The number of carbonyl (C=O) groups is 1. The maximum atomic E-state index is 13.8. The first-order chi connectivity index (χ1) is 18.8. The van der Waals surface area contributed by atoms with Crippen molar-refractivity contribution in [2.75, 3.05) is 40.0 Å². The molecule has 8 nitrogen and oxygen atoms in total. The number of carbonyl (C=O) groups excluding carboxylic acids is 1. The van der Waals surface area contributed by atoms with E-state index in [1.807, 2.05) is 11.4 Å². The van der Waals surface area contributed by atoms with E-state index in [1.54, 1.807) is 52.6 Å². The van der Waals surface area contributed by atoms with Crippen LogP contribution in [-0.2, 0) is 26.0 Å². The second-order valence-corrected chi connectivity index (χ2v) is 12.9. The van der Waals surface area contributed by atoms with Gasteiger partial charge in [-0.2, -0.15) is 4.31 Å². The van der Waals surface area contributed by atoms with Crippen LogP contribution in [-0.4, -0.2) is 69.6 Å². The van der Waals surface area contributed by atoms with Crippen LogP contribution in [0.5, 0.6) is 11.5 Å². The molecule has 1 amide bonds. The average Bonchev–Trinajstić information content (AvgIpc) is 3.64. The molecule has 0 N–H and O–H groups in total. The summed E-state index contributed by atoms with van der Waals surface area (Å²) < 4.78 is 45.7. The predicted molar refractivity (Wildman–Crippen MR) is 150 cm³/mol. The minimum absolute atomic E-state index is 0.107.